The van der Waals surface area contributed by atoms with Crippen LogP contribution in [0, 0.1) is 0 Å². The molecule has 0 spiro atoms. The smallest absolute Gasteiger partial charge is 0.236 e. The molecule has 1 N–H and O–H groups in total. The van der Waals surface area contributed by atoms with Crippen LogP contribution in [-0.4, -0.2) is 68.2 Å². The second kappa shape index (κ2) is 7.95. The van der Waals surface area contributed by atoms with E-state index in [1.165, 1.54) is 0 Å². The minimum Gasteiger partial charge on any atom is -0.454 e. The van der Waals surface area contributed by atoms with Gasteiger partial charge in [0.1, 0.15) is 0 Å². The van der Waals surface area contributed by atoms with Gasteiger partial charge in [0.25, 0.3) is 0 Å². The molecular formula is C19H27N3O4. The number of amides is 2. The maximum absolute atomic E-state index is 12.6. The third-order valence-electron chi connectivity index (χ3n) is 5.08. The first kappa shape index (κ1) is 18.5. The van der Waals surface area contributed by atoms with Crippen molar-refractivity contribution in [2.24, 2.45) is 0 Å². The van der Waals surface area contributed by atoms with E-state index in [2.05, 4.69) is 10.2 Å². The quantitative estimate of drug-likeness (QED) is 0.853. The summed E-state index contributed by atoms with van der Waals surface area (Å²) in [7, 11) is 3.54. The number of carbonyl (C=O) groups excluding carboxylic acids is 2. The van der Waals surface area contributed by atoms with Crippen molar-refractivity contribution in [2.75, 3.05) is 40.5 Å². The van der Waals surface area contributed by atoms with Gasteiger partial charge in [-0.15, -0.1) is 0 Å². The van der Waals surface area contributed by atoms with E-state index < -0.39 is 0 Å². The number of rotatable bonds is 5. The van der Waals surface area contributed by atoms with Crippen LogP contribution in [0.2, 0.25) is 0 Å². The van der Waals surface area contributed by atoms with Crippen LogP contribution in [0.25, 0.3) is 0 Å². The molecule has 2 aliphatic heterocycles. The molecule has 2 amide bonds. The van der Waals surface area contributed by atoms with Crippen molar-refractivity contribution in [1.82, 2.24) is 15.1 Å². The van der Waals surface area contributed by atoms with Gasteiger partial charge < -0.3 is 19.7 Å². The number of carbonyl (C=O) groups is 2. The molecule has 1 atom stereocenters. The first-order valence-corrected chi connectivity index (χ1v) is 9.06. The van der Waals surface area contributed by atoms with Gasteiger partial charge >= 0.3 is 0 Å². The van der Waals surface area contributed by atoms with Gasteiger partial charge in [0.2, 0.25) is 18.6 Å². The van der Waals surface area contributed by atoms with Gasteiger partial charge in [0, 0.05) is 33.2 Å². The van der Waals surface area contributed by atoms with Crippen molar-refractivity contribution in [3.05, 3.63) is 23.8 Å². The lowest BCUT2D eigenvalue weighted by molar-refractivity contribution is -0.130. The molecular weight excluding hydrogens is 334 g/mol. The Balaban J connectivity index is 1.49. The summed E-state index contributed by atoms with van der Waals surface area (Å²) in [6.07, 6.45) is 1.72. The number of ether oxygens (including phenoxy) is 2. The molecule has 1 aromatic rings. The molecule has 2 heterocycles. The Hall–Kier alpha value is -2.28. The molecule has 1 unspecified atom stereocenters. The molecule has 0 bridgehead atoms. The lowest BCUT2D eigenvalue weighted by Gasteiger charge is -2.33. The van der Waals surface area contributed by atoms with E-state index in [1.807, 2.05) is 25.1 Å². The van der Waals surface area contributed by atoms with Crippen LogP contribution in [0.4, 0.5) is 0 Å². The summed E-state index contributed by atoms with van der Waals surface area (Å²) < 4.78 is 10.7. The summed E-state index contributed by atoms with van der Waals surface area (Å²) >= 11 is 0. The van der Waals surface area contributed by atoms with E-state index in [4.69, 9.17) is 9.47 Å². The SMILES string of the molecule is CC(C(=O)NC1CCN(CC(=O)N(C)C)CC1)c1ccc2c(c1)OCO2. The largest absolute Gasteiger partial charge is 0.454 e. The van der Waals surface area contributed by atoms with E-state index in [0.29, 0.717) is 12.3 Å². The zero-order valence-electron chi connectivity index (χ0n) is 15.7. The van der Waals surface area contributed by atoms with Crippen LogP contribution >= 0.6 is 0 Å². The predicted octanol–water partition coefficient (Wildman–Crippen LogP) is 1.19. The summed E-state index contributed by atoms with van der Waals surface area (Å²) in [6, 6.07) is 5.79. The molecule has 0 aliphatic carbocycles. The molecule has 0 aromatic heterocycles. The highest BCUT2D eigenvalue weighted by Crippen LogP contribution is 2.34. The Morgan fingerprint density at radius 1 is 1.23 bits per heavy atom. The molecule has 7 nitrogen and oxygen atoms in total. The maximum atomic E-state index is 12.6. The van der Waals surface area contributed by atoms with Gasteiger partial charge in [0.15, 0.2) is 11.5 Å². The van der Waals surface area contributed by atoms with Crippen LogP contribution < -0.4 is 14.8 Å². The number of fused-ring (bicyclic) bond motifs is 1. The first-order valence-electron chi connectivity index (χ1n) is 9.06. The molecule has 7 heteroatoms. The normalized spacial score (nSPS) is 18.4. The number of nitrogens with zero attached hydrogens (tertiary/aromatic N) is 2. The van der Waals surface area contributed by atoms with Gasteiger partial charge in [-0.25, -0.2) is 0 Å². The lowest BCUT2D eigenvalue weighted by Crippen LogP contribution is -2.47. The Morgan fingerprint density at radius 3 is 2.62 bits per heavy atom. The standard InChI is InChI=1S/C19H27N3O4/c1-13(14-4-5-16-17(10-14)26-12-25-16)19(24)20-15-6-8-22(9-7-15)11-18(23)21(2)3/h4-5,10,13,15H,6-9,11-12H2,1-3H3,(H,20,24). The van der Waals surface area contributed by atoms with Crippen LogP contribution in [0.15, 0.2) is 18.2 Å². The van der Waals surface area contributed by atoms with Crippen molar-refractivity contribution in [3.8, 4) is 11.5 Å². The Morgan fingerprint density at radius 2 is 1.92 bits per heavy atom. The second-order valence-electron chi connectivity index (χ2n) is 7.18. The van der Waals surface area contributed by atoms with Crippen LogP contribution in [0.1, 0.15) is 31.2 Å². The highest BCUT2D eigenvalue weighted by molar-refractivity contribution is 5.83. The number of benzene rings is 1. The van der Waals surface area contributed by atoms with E-state index in [0.717, 1.165) is 37.2 Å². The zero-order valence-corrected chi connectivity index (χ0v) is 15.7. The summed E-state index contributed by atoms with van der Waals surface area (Å²) in [5.41, 5.74) is 0.917. The molecule has 1 fully saturated rings. The highest BCUT2D eigenvalue weighted by Gasteiger charge is 2.25. The second-order valence-corrected chi connectivity index (χ2v) is 7.18. The van der Waals surface area contributed by atoms with Gasteiger partial charge in [-0.05, 0) is 37.5 Å². The van der Waals surface area contributed by atoms with Crippen LogP contribution in [-0.2, 0) is 9.59 Å². The van der Waals surface area contributed by atoms with Gasteiger partial charge in [-0.3, -0.25) is 14.5 Å². The Kier molecular flexibility index (Phi) is 5.66. The number of nitrogens with one attached hydrogen (secondary N) is 1. The summed E-state index contributed by atoms with van der Waals surface area (Å²) in [5, 5.41) is 3.15. The van der Waals surface area contributed by atoms with Crippen molar-refractivity contribution in [1.29, 1.82) is 0 Å². The van der Waals surface area contributed by atoms with Crippen molar-refractivity contribution in [3.63, 3.8) is 0 Å². The first-order chi connectivity index (χ1) is 12.4. The predicted molar refractivity (Wildman–Crippen MR) is 97.3 cm³/mol. The Bertz CT molecular complexity index is 669. The summed E-state index contributed by atoms with van der Waals surface area (Å²) in [4.78, 5) is 28.2. The molecule has 26 heavy (non-hydrogen) atoms. The minimum atomic E-state index is -0.252. The minimum absolute atomic E-state index is 0.0201. The van der Waals surface area contributed by atoms with E-state index in [-0.39, 0.29) is 30.6 Å². The number of likely N-dealkylation sites (N-methyl/N-ethyl adjacent to an activating group) is 1. The molecule has 142 valence electrons. The molecule has 1 saturated heterocycles. The monoisotopic (exact) mass is 361 g/mol. The van der Waals surface area contributed by atoms with Gasteiger partial charge in [0.05, 0.1) is 12.5 Å². The fourth-order valence-electron chi connectivity index (χ4n) is 3.23. The number of hydrogen-bond donors (Lipinski definition) is 1. The molecule has 1 aromatic carbocycles. The summed E-state index contributed by atoms with van der Waals surface area (Å²) in [5.74, 6) is 1.30. The lowest BCUT2D eigenvalue weighted by atomic mass is 9.98. The number of likely N-dealkylation sites (tertiary alicyclic amines) is 1. The molecule has 0 radical (unpaired) electrons. The van der Waals surface area contributed by atoms with E-state index in [9.17, 15) is 9.59 Å². The molecule has 2 aliphatic rings. The average molecular weight is 361 g/mol. The van der Waals surface area contributed by atoms with E-state index >= 15 is 0 Å². The number of piperidine rings is 1. The fraction of sp³-hybridized carbons (Fsp3) is 0.579. The number of hydrogen-bond acceptors (Lipinski definition) is 5. The zero-order chi connectivity index (χ0) is 18.7. The van der Waals surface area contributed by atoms with Crippen molar-refractivity contribution >= 4 is 11.8 Å². The van der Waals surface area contributed by atoms with E-state index in [1.54, 1.807) is 19.0 Å². The van der Waals surface area contributed by atoms with Crippen molar-refractivity contribution in [2.45, 2.75) is 31.7 Å². The topological polar surface area (TPSA) is 71.1 Å². The highest BCUT2D eigenvalue weighted by atomic mass is 16.7. The maximum Gasteiger partial charge on any atom is 0.236 e. The molecule has 3 rings (SSSR count). The average Bonchev–Trinajstić information content (AvgIpc) is 3.10. The molecule has 0 saturated carbocycles. The van der Waals surface area contributed by atoms with Crippen molar-refractivity contribution < 1.29 is 19.1 Å². The van der Waals surface area contributed by atoms with Crippen LogP contribution in [0.3, 0.4) is 0 Å². The van der Waals surface area contributed by atoms with Crippen LogP contribution in [0.5, 0.6) is 11.5 Å². The van der Waals surface area contributed by atoms with Gasteiger partial charge in [-0.1, -0.05) is 6.07 Å². The summed E-state index contributed by atoms with van der Waals surface area (Å²) in [6.45, 7) is 4.22. The Labute approximate surface area is 154 Å². The third kappa shape index (κ3) is 4.27. The van der Waals surface area contributed by atoms with Gasteiger partial charge in [-0.2, -0.15) is 0 Å². The fourth-order valence-corrected chi connectivity index (χ4v) is 3.23. The third-order valence-corrected chi connectivity index (χ3v) is 5.08.